The van der Waals surface area contributed by atoms with Crippen molar-refractivity contribution in [2.45, 2.75) is 19.0 Å². The SMILES string of the molecule is Cc1cc(C)nc(SC/C(N)=N\O)n1. The van der Waals surface area contributed by atoms with E-state index in [4.69, 9.17) is 10.9 Å². The molecule has 76 valence electrons. The van der Waals surface area contributed by atoms with Crippen molar-refractivity contribution < 1.29 is 5.21 Å². The van der Waals surface area contributed by atoms with Crippen LogP contribution in [0.3, 0.4) is 0 Å². The number of aryl methyl sites for hydroxylation is 2. The highest BCUT2D eigenvalue weighted by molar-refractivity contribution is 7.99. The predicted octanol–water partition coefficient (Wildman–Crippen LogP) is 0.932. The van der Waals surface area contributed by atoms with E-state index >= 15 is 0 Å². The quantitative estimate of drug-likeness (QED) is 0.194. The Bertz CT molecular complexity index is 333. The Kier molecular flexibility index (Phi) is 3.70. The lowest BCUT2D eigenvalue weighted by Gasteiger charge is -2.01. The highest BCUT2D eigenvalue weighted by Crippen LogP contribution is 2.13. The number of hydrogen-bond donors (Lipinski definition) is 2. The van der Waals surface area contributed by atoms with Crippen molar-refractivity contribution in [3.8, 4) is 0 Å². The number of nitrogens with zero attached hydrogens (tertiary/aromatic N) is 3. The molecule has 1 rings (SSSR count). The maximum atomic E-state index is 8.33. The molecule has 0 unspecified atom stereocenters. The number of aromatic nitrogens is 2. The molecule has 0 saturated heterocycles. The van der Waals surface area contributed by atoms with Gasteiger partial charge < -0.3 is 10.9 Å². The van der Waals surface area contributed by atoms with Crippen LogP contribution in [0.2, 0.25) is 0 Å². The van der Waals surface area contributed by atoms with Gasteiger partial charge in [0.05, 0.1) is 5.75 Å². The van der Waals surface area contributed by atoms with Gasteiger partial charge in [0.25, 0.3) is 0 Å². The largest absolute Gasteiger partial charge is 0.409 e. The summed E-state index contributed by atoms with van der Waals surface area (Å²) < 4.78 is 0. The third kappa shape index (κ3) is 3.21. The maximum absolute atomic E-state index is 8.33. The second-order valence-electron chi connectivity index (χ2n) is 2.81. The van der Waals surface area contributed by atoms with Crippen LogP contribution in [0, 0.1) is 13.8 Å². The highest BCUT2D eigenvalue weighted by Gasteiger charge is 2.01. The Hall–Kier alpha value is -1.30. The lowest BCUT2D eigenvalue weighted by molar-refractivity contribution is 0.318. The summed E-state index contributed by atoms with van der Waals surface area (Å²) in [5.74, 6) is 0.553. The molecule has 3 N–H and O–H groups in total. The lowest BCUT2D eigenvalue weighted by Crippen LogP contribution is -2.14. The van der Waals surface area contributed by atoms with E-state index in [0.717, 1.165) is 11.4 Å². The summed E-state index contributed by atoms with van der Waals surface area (Å²) in [6, 6.07) is 1.90. The number of thioether (sulfide) groups is 1. The highest BCUT2D eigenvalue weighted by atomic mass is 32.2. The Labute approximate surface area is 86.4 Å². The first-order chi connectivity index (χ1) is 6.61. The minimum absolute atomic E-state index is 0.165. The Morgan fingerprint density at radius 1 is 1.50 bits per heavy atom. The molecule has 0 radical (unpaired) electrons. The minimum atomic E-state index is 0.165. The second kappa shape index (κ2) is 4.80. The first-order valence-corrected chi connectivity index (χ1v) is 5.02. The Morgan fingerprint density at radius 2 is 2.07 bits per heavy atom. The molecule has 0 atom stereocenters. The topological polar surface area (TPSA) is 84.4 Å². The van der Waals surface area contributed by atoms with Crippen LogP contribution in [0.5, 0.6) is 0 Å². The third-order valence-corrected chi connectivity index (χ3v) is 2.32. The molecule has 0 aliphatic carbocycles. The minimum Gasteiger partial charge on any atom is -0.409 e. The first kappa shape index (κ1) is 10.8. The molecule has 1 aromatic heterocycles. The predicted molar refractivity (Wildman–Crippen MR) is 55.6 cm³/mol. The zero-order chi connectivity index (χ0) is 10.6. The number of amidine groups is 1. The van der Waals surface area contributed by atoms with Crippen LogP contribution < -0.4 is 5.73 Å². The number of hydrogen-bond acceptors (Lipinski definition) is 5. The van der Waals surface area contributed by atoms with Gasteiger partial charge in [-0.25, -0.2) is 9.97 Å². The third-order valence-electron chi connectivity index (χ3n) is 1.44. The van der Waals surface area contributed by atoms with E-state index in [1.807, 2.05) is 19.9 Å². The summed E-state index contributed by atoms with van der Waals surface area (Å²) in [7, 11) is 0. The van der Waals surface area contributed by atoms with Crippen molar-refractivity contribution in [3.05, 3.63) is 17.5 Å². The molecule has 0 saturated carbocycles. The summed E-state index contributed by atoms with van der Waals surface area (Å²) in [4.78, 5) is 8.40. The van der Waals surface area contributed by atoms with Gasteiger partial charge in [-0.3, -0.25) is 0 Å². The van der Waals surface area contributed by atoms with Gasteiger partial charge in [0.2, 0.25) is 0 Å². The molecule has 0 amide bonds. The Balaban J connectivity index is 2.67. The van der Waals surface area contributed by atoms with Crippen LogP contribution in [0.15, 0.2) is 16.4 Å². The van der Waals surface area contributed by atoms with Crippen LogP contribution >= 0.6 is 11.8 Å². The monoisotopic (exact) mass is 212 g/mol. The molecule has 0 aliphatic rings. The van der Waals surface area contributed by atoms with Crippen molar-refractivity contribution in [1.82, 2.24) is 9.97 Å². The molecule has 1 aromatic rings. The van der Waals surface area contributed by atoms with Gasteiger partial charge in [-0.05, 0) is 19.9 Å². The molecular formula is C8H12N4OS. The zero-order valence-corrected chi connectivity index (χ0v) is 8.88. The maximum Gasteiger partial charge on any atom is 0.188 e. The summed E-state index contributed by atoms with van der Waals surface area (Å²) in [6.45, 7) is 3.81. The first-order valence-electron chi connectivity index (χ1n) is 4.03. The van der Waals surface area contributed by atoms with Gasteiger partial charge in [0.15, 0.2) is 5.16 Å². The standard InChI is InChI=1S/C8H12N4OS/c1-5-3-6(2)11-8(10-5)14-4-7(9)12-13/h3,13H,4H2,1-2H3,(H2,9,12). The van der Waals surface area contributed by atoms with Gasteiger partial charge in [0, 0.05) is 11.4 Å². The van der Waals surface area contributed by atoms with Crippen molar-refractivity contribution in [3.63, 3.8) is 0 Å². The summed E-state index contributed by atoms with van der Waals surface area (Å²) >= 11 is 1.34. The molecule has 5 nitrogen and oxygen atoms in total. The number of oxime groups is 1. The smallest absolute Gasteiger partial charge is 0.188 e. The molecule has 0 spiro atoms. The molecule has 14 heavy (non-hydrogen) atoms. The van der Waals surface area contributed by atoms with Crippen molar-refractivity contribution in [2.24, 2.45) is 10.9 Å². The van der Waals surface area contributed by atoms with E-state index in [1.165, 1.54) is 11.8 Å². The fourth-order valence-corrected chi connectivity index (χ4v) is 1.68. The average Bonchev–Trinajstić information content (AvgIpc) is 2.12. The molecular weight excluding hydrogens is 200 g/mol. The van der Waals surface area contributed by atoms with Gasteiger partial charge >= 0.3 is 0 Å². The van der Waals surface area contributed by atoms with Crippen LogP contribution in [0.25, 0.3) is 0 Å². The summed E-state index contributed by atoms with van der Waals surface area (Å²) in [5.41, 5.74) is 7.15. The van der Waals surface area contributed by atoms with Crippen LogP contribution in [-0.2, 0) is 0 Å². The van der Waals surface area contributed by atoms with Gasteiger partial charge in [-0.1, -0.05) is 16.9 Å². The van der Waals surface area contributed by atoms with E-state index in [2.05, 4.69) is 15.1 Å². The van der Waals surface area contributed by atoms with Crippen molar-refractivity contribution in [1.29, 1.82) is 0 Å². The zero-order valence-electron chi connectivity index (χ0n) is 8.06. The Morgan fingerprint density at radius 3 is 2.57 bits per heavy atom. The molecule has 6 heteroatoms. The van der Waals surface area contributed by atoms with Crippen LogP contribution in [0.4, 0.5) is 0 Å². The lowest BCUT2D eigenvalue weighted by atomic mass is 10.4. The second-order valence-corrected chi connectivity index (χ2v) is 3.76. The van der Waals surface area contributed by atoms with E-state index in [9.17, 15) is 0 Å². The number of rotatable bonds is 3. The van der Waals surface area contributed by atoms with E-state index in [0.29, 0.717) is 10.9 Å². The summed E-state index contributed by atoms with van der Waals surface area (Å²) in [6.07, 6.45) is 0. The van der Waals surface area contributed by atoms with Crippen LogP contribution in [0.1, 0.15) is 11.4 Å². The van der Waals surface area contributed by atoms with E-state index in [-0.39, 0.29) is 5.84 Å². The average molecular weight is 212 g/mol. The summed E-state index contributed by atoms with van der Waals surface area (Å²) in [5, 5.41) is 11.8. The molecule has 0 bridgehead atoms. The molecule has 1 heterocycles. The van der Waals surface area contributed by atoms with Gasteiger partial charge in [-0.15, -0.1) is 0 Å². The van der Waals surface area contributed by atoms with Crippen molar-refractivity contribution >= 4 is 17.6 Å². The van der Waals surface area contributed by atoms with Crippen molar-refractivity contribution in [2.75, 3.05) is 5.75 Å². The van der Waals surface area contributed by atoms with Gasteiger partial charge in [-0.2, -0.15) is 0 Å². The number of nitrogens with two attached hydrogens (primary N) is 1. The molecule has 0 aromatic carbocycles. The normalized spacial score (nSPS) is 11.7. The van der Waals surface area contributed by atoms with Gasteiger partial charge in [0.1, 0.15) is 5.84 Å². The molecule has 0 aliphatic heterocycles. The fourth-order valence-electron chi connectivity index (χ4n) is 0.925. The fraction of sp³-hybridized carbons (Fsp3) is 0.375. The molecule has 0 fully saturated rings. The van der Waals surface area contributed by atoms with E-state index in [1.54, 1.807) is 0 Å². The van der Waals surface area contributed by atoms with E-state index < -0.39 is 0 Å². The van der Waals surface area contributed by atoms with Crippen LogP contribution in [-0.4, -0.2) is 26.8 Å².